The minimum absolute atomic E-state index is 0.0166. The molecule has 0 amide bonds. The summed E-state index contributed by atoms with van der Waals surface area (Å²) in [6.45, 7) is 1.95. The molecule has 1 saturated carbocycles. The molecule has 0 unspecified atom stereocenters. The van der Waals surface area contributed by atoms with Crippen molar-refractivity contribution in [3.8, 4) is 5.75 Å². The smallest absolute Gasteiger partial charge is 0.311 e. The van der Waals surface area contributed by atoms with Crippen LogP contribution in [0.3, 0.4) is 0 Å². The number of nitro benzene ring substituents is 1. The van der Waals surface area contributed by atoms with E-state index in [2.05, 4.69) is 0 Å². The summed E-state index contributed by atoms with van der Waals surface area (Å²) < 4.78 is 5.67. The number of aryl methyl sites for hydroxylation is 1. The summed E-state index contributed by atoms with van der Waals surface area (Å²) in [4.78, 5) is 10.6. The standard InChI is InChI=1S/C14H19NO4/c1-2-10-7-8-13(11(9-10)15(17)18)19-14-6-4-3-5-12(14)16/h7-9,12,14,16H,2-6H2,1H3/t12-,14-/m1/s1. The van der Waals surface area contributed by atoms with E-state index in [1.54, 1.807) is 12.1 Å². The zero-order valence-electron chi connectivity index (χ0n) is 11.0. The first kappa shape index (κ1) is 13.8. The Labute approximate surface area is 112 Å². The Hall–Kier alpha value is -1.62. The molecule has 1 fully saturated rings. The van der Waals surface area contributed by atoms with Crippen molar-refractivity contribution in [2.75, 3.05) is 0 Å². The molecule has 19 heavy (non-hydrogen) atoms. The van der Waals surface area contributed by atoms with Crippen LogP contribution in [0.2, 0.25) is 0 Å². The molecule has 1 aromatic carbocycles. The third kappa shape index (κ3) is 3.23. The summed E-state index contributed by atoms with van der Waals surface area (Å²) in [7, 11) is 0. The van der Waals surface area contributed by atoms with E-state index in [4.69, 9.17) is 4.74 Å². The average molecular weight is 265 g/mol. The lowest BCUT2D eigenvalue weighted by atomic mass is 9.95. The Morgan fingerprint density at radius 3 is 2.79 bits per heavy atom. The Morgan fingerprint density at radius 1 is 1.42 bits per heavy atom. The van der Waals surface area contributed by atoms with Gasteiger partial charge in [0.2, 0.25) is 0 Å². The molecule has 0 aliphatic heterocycles. The molecule has 5 heteroatoms. The van der Waals surface area contributed by atoms with Crippen molar-refractivity contribution in [2.45, 2.75) is 51.2 Å². The lowest BCUT2D eigenvalue weighted by Gasteiger charge is -2.28. The van der Waals surface area contributed by atoms with E-state index in [-0.39, 0.29) is 17.5 Å². The van der Waals surface area contributed by atoms with Gasteiger partial charge in [0.15, 0.2) is 5.75 Å². The summed E-state index contributed by atoms with van der Waals surface area (Å²) in [5.74, 6) is 0.258. The maximum absolute atomic E-state index is 11.1. The fraction of sp³-hybridized carbons (Fsp3) is 0.571. The van der Waals surface area contributed by atoms with Gasteiger partial charge in [0.25, 0.3) is 0 Å². The molecule has 104 valence electrons. The van der Waals surface area contributed by atoms with E-state index in [0.717, 1.165) is 31.2 Å². The quantitative estimate of drug-likeness (QED) is 0.671. The highest BCUT2D eigenvalue weighted by atomic mass is 16.6. The van der Waals surface area contributed by atoms with Crippen molar-refractivity contribution in [1.82, 2.24) is 0 Å². The van der Waals surface area contributed by atoms with Crippen molar-refractivity contribution < 1.29 is 14.8 Å². The van der Waals surface area contributed by atoms with Crippen LogP contribution in [0.25, 0.3) is 0 Å². The van der Waals surface area contributed by atoms with E-state index in [1.165, 1.54) is 0 Å². The Kier molecular flexibility index (Phi) is 4.37. The summed E-state index contributed by atoms with van der Waals surface area (Å²) >= 11 is 0. The minimum atomic E-state index is -0.529. The molecule has 2 rings (SSSR count). The van der Waals surface area contributed by atoms with Gasteiger partial charge in [0.1, 0.15) is 6.10 Å². The molecule has 0 spiro atoms. The average Bonchev–Trinajstić information content (AvgIpc) is 2.41. The molecular formula is C14H19NO4. The number of nitro groups is 1. The van der Waals surface area contributed by atoms with Gasteiger partial charge in [-0.05, 0) is 37.3 Å². The van der Waals surface area contributed by atoms with Crippen LogP contribution in [0.5, 0.6) is 5.75 Å². The van der Waals surface area contributed by atoms with Gasteiger partial charge >= 0.3 is 5.69 Å². The second kappa shape index (κ2) is 6.02. The van der Waals surface area contributed by atoms with Crippen LogP contribution in [0.4, 0.5) is 5.69 Å². The van der Waals surface area contributed by atoms with Crippen LogP contribution in [0.1, 0.15) is 38.2 Å². The summed E-state index contributed by atoms with van der Waals surface area (Å²) in [6, 6.07) is 5.01. The number of hydrogen-bond donors (Lipinski definition) is 1. The topological polar surface area (TPSA) is 72.6 Å². The predicted octanol–water partition coefficient (Wildman–Crippen LogP) is 2.84. The van der Waals surface area contributed by atoms with E-state index in [9.17, 15) is 15.2 Å². The number of hydrogen-bond acceptors (Lipinski definition) is 4. The van der Waals surface area contributed by atoms with Crippen LogP contribution in [-0.2, 0) is 6.42 Å². The van der Waals surface area contributed by atoms with Crippen LogP contribution >= 0.6 is 0 Å². The number of rotatable bonds is 4. The second-order valence-corrected chi connectivity index (χ2v) is 4.92. The van der Waals surface area contributed by atoms with Crippen molar-refractivity contribution in [3.05, 3.63) is 33.9 Å². The molecular weight excluding hydrogens is 246 g/mol. The third-order valence-electron chi connectivity index (χ3n) is 3.57. The highest BCUT2D eigenvalue weighted by Crippen LogP contribution is 2.32. The molecule has 1 aliphatic carbocycles. The molecule has 0 saturated heterocycles. The van der Waals surface area contributed by atoms with Gasteiger partial charge < -0.3 is 9.84 Å². The summed E-state index contributed by atoms with van der Waals surface area (Å²) in [5.41, 5.74) is 0.889. The molecule has 5 nitrogen and oxygen atoms in total. The SMILES string of the molecule is CCc1ccc(O[C@@H]2CCCC[C@H]2O)c([N+](=O)[O-])c1. The third-order valence-corrected chi connectivity index (χ3v) is 3.57. The molecule has 0 radical (unpaired) electrons. The monoisotopic (exact) mass is 265 g/mol. The lowest BCUT2D eigenvalue weighted by molar-refractivity contribution is -0.386. The number of benzene rings is 1. The molecule has 1 N–H and O–H groups in total. The van der Waals surface area contributed by atoms with Gasteiger partial charge in [-0.25, -0.2) is 0 Å². The van der Waals surface area contributed by atoms with Crippen molar-refractivity contribution in [3.63, 3.8) is 0 Å². The van der Waals surface area contributed by atoms with Gasteiger partial charge in [-0.1, -0.05) is 19.4 Å². The number of aliphatic hydroxyl groups is 1. The van der Waals surface area contributed by atoms with E-state index >= 15 is 0 Å². The first-order valence-electron chi connectivity index (χ1n) is 6.74. The summed E-state index contributed by atoms with van der Waals surface area (Å²) in [5, 5.41) is 20.9. The van der Waals surface area contributed by atoms with Crippen LogP contribution in [0, 0.1) is 10.1 Å². The second-order valence-electron chi connectivity index (χ2n) is 4.92. The van der Waals surface area contributed by atoms with Crippen LogP contribution in [-0.4, -0.2) is 22.2 Å². The molecule has 2 atom stereocenters. The maximum atomic E-state index is 11.1. The molecule has 1 aliphatic rings. The molecule has 0 bridgehead atoms. The number of aliphatic hydroxyl groups excluding tert-OH is 1. The van der Waals surface area contributed by atoms with E-state index < -0.39 is 11.0 Å². The largest absolute Gasteiger partial charge is 0.481 e. The lowest BCUT2D eigenvalue weighted by Crippen LogP contribution is -2.34. The summed E-state index contributed by atoms with van der Waals surface area (Å²) in [6.07, 6.45) is 3.30. The van der Waals surface area contributed by atoms with Crippen LogP contribution in [0.15, 0.2) is 18.2 Å². The van der Waals surface area contributed by atoms with Gasteiger partial charge in [-0.2, -0.15) is 0 Å². The van der Waals surface area contributed by atoms with Gasteiger partial charge in [-0.3, -0.25) is 10.1 Å². The highest BCUT2D eigenvalue weighted by molar-refractivity contribution is 5.48. The fourth-order valence-electron chi connectivity index (χ4n) is 2.40. The van der Waals surface area contributed by atoms with Gasteiger partial charge in [-0.15, -0.1) is 0 Å². The van der Waals surface area contributed by atoms with E-state index in [0.29, 0.717) is 6.42 Å². The first-order chi connectivity index (χ1) is 9.11. The first-order valence-corrected chi connectivity index (χ1v) is 6.74. The number of ether oxygens (including phenoxy) is 1. The zero-order valence-corrected chi connectivity index (χ0v) is 11.0. The Morgan fingerprint density at radius 2 is 2.16 bits per heavy atom. The predicted molar refractivity (Wildman–Crippen MR) is 71.4 cm³/mol. The van der Waals surface area contributed by atoms with Crippen molar-refractivity contribution in [1.29, 1.82) is 0 Å². The molecule has 0 aromatic heterocycles. The normalized spacial score (nSPS) is 23.1. The highest BCUT2D eigenvalue weighted by Gasteiger charge is 2.27. The minimum Gasteiger partial charge on any atom is -0.481 e. The maximum Gasteiger partial charge on any atom is 0.311 e. The van der Waals surface area contributed by atoms with Crippen molar-refractivity contribution in [2.24, 2.45) is 0 Å². The molecule has 0 heterocycles. The fourth-order valence-corrected chi connectivity index (χ4v) is 2.40. The van der Waals surface area contributed by atoms with E-state index in [1.807, 2.05) is 13.0 Å². The van der Waals surface area contributed by atoms with Crippen molar-refractivity contribution >= 4 is 5.69 Å². The molecule has 1 aromatic rings. The Bertz CT molecular complexity index is 461. The van der Waals surface area contributed by atoms with Gasteiger partial charge in [0, 0.05) is 6.07 Å². The van der Waals surface area contributed by atoms with Crippen LogP contribution < -0.4 is 4.74 Å². The number of nitrogens with zero attached hydrogens (tertiary/aromatic N) is 1. The Balaban J connectivity index is 2.21. The van der Waals surface area contributed by atoms with Gasteiger partial charge in [0.05, 0.1) is 11.0 Å². The zero-order chi connectivity index (χ0) is 13.8.